The minimum atomic E-state index is -0.735. The molecule has 2 aliphatic rings. The Morgan fingerprint density at radius 3 is 1.52 bits per heavy atom. The van der Waals surface area contributed by atoms with E-state index in [4.69, 9.17) is 34.1 Å². The van der Waals surface area contributed by atoms with Crippen LogP contribution in [-0.4, -0.2) is 24.9 Å². The molecule has 13 rings (SSSR count). The van der Waals surface area contributed by atoms with E-state index in [9.17, 15) is 0 Å². The van der Waals surface area contributed by atoms with Gasteiger partial charge in [0.15, 0.2) is 23.3 Å². The predicted octanol–water partition coefficient (Wildman–Crippen LogP) is 13.4. The second kappa shape index (κ2) is 13.7. The zero-order valence-electron chi connectivity index (χ0n) is 33.6. The maximum absolute atomic E-state index is 6.71. The summed E-state index contributed by atoms with van der Waals surface area (Å²) in [5.41, 5.74) is 12.4. The summed E-state index contributed by atoms with van der Waals surface area (Å²) in [5.74, 6) is 4.01. The number of fused-ring (bicyclic) bond motifs is 12. The molecule has 4 heterocycles. The number of rotatable bonds is 5. The van der Waals surface area contributed by atoms with Gasteiger partial charge in [-0.05, 0) is 46.5 Å². The van der Waals surface area contributed by atoms with Gasteiger partial charge in [-0.25, -0.2) is 19.9 Å². The molecule has 0 bridgehead atoms. The zero-order chi connectivity index (χ0) is 41.5. The number of aromatic nitrogens is 5. The number of hydrogen-bond donors (Lipinski definition) is 0. The maximum atomic E-state index is 6.71. The van der Waals surface area contributed by atoms with Gasteiger partial charge >= 0.3 is 0 Å². The summed E-state index contributed by atoms with van der Waals surface area (Å²) >= 11 is 0. The Balaban J connectivity index is 1.14. The average molecular weight is 808 g/mol. The maximum Gasteiger partial charge on any atom is 0.231 e. The Bertz CT molecular complexity index is 3500. The van der Waals surface area contributed by atoms with E-state index in [1.165, 1.54) is 0 Å². The summed E-state index contributed by atoms with van der Waals surface area (Å²) in [4.78, 5) is 25.9. The molecule has 0 saturated heterocycles. The van der Waals surface area contributed by atoms with E-state index in [0.717, 1.165) is 94.7 Å². The molecular weight excluding hydrogens is 775 g/mol. The van der Waals surface area contributed by atoms with E-state index in [1.54, 1.807) is 0 Å². The van der Waals surface area contributed by atoms with Crippen LogP contribution < -0.4 is 4.74 Å². The molecule has 7 heteroatoms. The second-order valence-electron chi connectivity index (χ2n) is 15.9. The van der Waals surface area contributed by atoms with Crippen molar-refractivity contribution in [2.24, 2.45) is 0 Å². The van der Waals surface area contributed by atoms with Crippen molar-refractivity contribution in [1.29, 1.82) is 0 Å². The van der Waals surface area contributed by atoms with Gasteiger partial charge in [0.05, 0.1) is 16.5 Å². The highest BCUT2D eigenvalue weighted by atomic mass is 16.5. The molecule has 0 fully saturated rings. The minimum Gasteiger partial charge on any atom is -0.457 e. The van der Waals surface area contributed by atoms with Gasteiger partial charge in [-0.1, -0.05) is 176 Å². The molecule has 0 atom stereocenters. The first kappa shape index (κ1) is 35.2. The van der Waals surface area contributed by atoms with Gasteiger partial charge < -0.3 is 9.15 Å². The van der Waals surface area contributed by atoms with Gasteiger partial charge in [0.2, 0.25) is 5.71 Å². The van der Waals surface area contributed by atoms with Crippen LogP contribution in [0.5, 0.6) is 11.5 Å². The molecule has 294 valence electrons. The topological polar surface area (TPSA) is 86.8 Å². The summed E-state index contributed by atoms with van der Waals surface area (Å²) in [5, 5.41) is 1.82. The lowest BCUT2D eigenvalue weighted by Crippen LogP contribution is -2.32. The van der Waals surface area contributed by atoms with E-state index >= 15 is 0 Å². The van der Waals surface area contributed by atoms with E-state index in [-0.39, 0.29) is 0 Å². The largest absolute Gasteiger partial charge is 0.457 e. The molecule has 0 unspecified atom stereocenters. The van der Waals surface area contributed by atoms with Crippen molar-refractivity contribution in [1.82, 2.24) is 24.9 Å². The molecular formula is C56H33N5O2. The van der Waals surface area contributed by atoms with Crippen LogP contribution in [0.2, 0.25) is 0 Å². The van der Waals surface area contributed by atoms with Crippen LogP contribution in [0.4, 0.5) is 0 Å². The fraction of sp³-hybridized carbons (Fsp3) is 0.0179. The molecule has 8 aromatic carbocycles. The molecule has 0 saturated carbocycles. The average Bonchev–Trinajstić information content (AvgIpc) is 3.88. The van der Waals surface area contributed by atoms with E-state index < -0.39 is 5.41 Å². The monoisotopic (exact) mass is 807 g/mol. The van der Waals surface area contributed by atoms with Crippen LogP contribution in [0.3, 0.4) is 0 Å². The molecule has 1 aliphatic carbocycles. The van der Waals surface area contributed by atoms with Crippen molar-refractivity contribution in [3.05, 3.63) is 222 Å². The minimum absolute atomic E-state index is 0.535. The Morgan fingerprint density at radius 2 is 0.889 bits per heavy atom. The zero-order valence-corrected chi connectivity index (χ0v) is 33.6. The van der Waals surface area contributed by atoms with Crippen LogP contribution in [-0.2, 0) is 5.41 Å². The van der Waals surface area contributed by atoms with Crippen LogP contribution in [0.25, 0.3) is 90.0 Å². The summed E-state index contributed by atoms with van der Waals surface area (Å²) in [6.07, 6.45) is 0. The lowest BCUT2D eigenvalue weighted by molar-refractivity contribution is 0.436. The summed E-state index contributed by atoms with van der Waals surface area (Å²) in [6.45, 7) is 0. The highest BCUT2D eigenvalue weighted by Gasteiger charge is 2.52. The van der Waals surface area contributed by atoms with Crippen molar-refractivity contribution in [2.45, 2.75) is 5.41 Å². The summed E-state index contributed by atoms with van der Waals surface area (Å²) < 4.78 is 13.3. The Morgan fingerprint density at radius 1 is 0.365 bits per heavy atom. The quantitative estimate of drug-likeness (QED) is 0.171. The molecule has 63 heavy (non-hydrogen) atoms. The van der Waals surface area contributed by atoms with Crippen molar-refractivity contribution >= 4 is 22.1 Å². The third-order valence-corrected chi connectivity index (χ3v) is 12.4. The third kappa shape index (κ3) is 5.30. The molecule has 0 N–H and O–H groups in total. The van der Waals surface area contributed by atoms with Gasteiger partial charge in [-0.15, -0.1) is 0 Å². The van der Waals surface area contributed by atoms with Crippen molar-refractivity contribution < 1.29 is 9.15 Å². The normalized spacial score (nSPS) is 13.0. The predicted molar refractivity (Wildman–Crippen MR) is 247 cm³/mol. The number of ether oxygens (including phenoxy) is 1. The van der Waals surface area contributed by atoms with Crippen LogP contribution in [0.15, 0.2) is 205 Å². The molecule has 11 aromatic rings. The lowest BCUT2D eigenvalue weighted by atomic mass is 9.66. The molecule has 1 spiro atoms. The van der Waals surface area contributed by atoms with Crippen LogP contribution in [0.1, 0.15) is 22.3 Å². The third-order valence-electron chi connectivity index (χ3n) is 12.4. The van der Waals surface area contributed by atoms with Crippen molar-refractivity contribution in [3.8, 4) is 79.4 Å². The Kier molecular flexibility index (Phi) is 7.68. The fourth-order valence-electron chi connectivity index (χ4n) is 9.76. The molecule has 3 aromatic heterocycles. The van der Waals surface area contributed by atoms with Crippen LogP contribution in [0, 0.1) is 0 Å². The SMILES string of the molecule is c1ccc(-c2nc(-c3ccccc3)nc(-c3ccc4c(c3)-c3c(-c5nc(-c6ccccc6)nc6oc7ccccc7c56)cccc3C43c4ccccc4Oc4ccccc43)n2)cc1. The standard InChI is InChI=1S/C56H33N5O2/c1-4-17-34(18-5-1)51-57-50(49-38-23-10-13-28-45(38)63-55(49)61-51)39-24-16-27-44-48(39)40-33-37(54-59-52(35-19-6-2-7-20-35)58-53(60-54)36-21-8-3-9-22-36)31-32-41(40)56(44)42-25-11-14-29-46(42)62-47-30-15-12-26-43(47)56/h1-33H. The molecule has 0 amide bonds. The Hall–Kier alpha value is -8.55. The number of nitrogens with zero attached hydrogens (tertiary/aromatic N) is 5. The van der Waals surface area contributed by atoms with E-state index in [1.807, 2.05) is 121 Å². The van der Waals surface area contributed by atoms with Gasteiger partial charge in [0, 0.05) is 44.3 Å². The van der Waals surface area contributed by atoms with Crippen molar-refractivity contribution in [2.75, 3.05) is 0 Å². The van der Waals surface area contributed by atoms with Crippen molar-refractivity contribution in [3.63, 3.8) is 0 Å². The summed E-state index contributed by atoms with van der Waals surface area (Å²) in [6, 6.07) is 68.5. The number of para-hydroxylation sites is 3. The smallest absolute Gasteiger partial charge is 0.231 e. The molecule has 7 nitrogen and oxygen atoms in total. The first-order valence-corrected chi connectivity index (χ1v) is 21.0. The van der Waals surface area contributed by atoms with Crippen LogP contribution >= 0.6 is 0 Å². The molecule has 1 aliphatic heterocycles. The van der Waals surface area contributed by atoms with Gasteiger partial charge in [-0.3, -0.25) is 0 Å². The molecule has 0 radical (unpaired) electrons. The van der Waals surface area contributed by atoms with Gasteiger partial charge in [0.1, 0.15) is 17.1 Å². The van der Waals surface area contributed by atoms with E-state index in [0.29, 0.717) is 29.0 Å². The number of hydrogen-bond acceptors (Lipinski definition) is 7. The van der Waals surface area contributed by atoms with Gasteiger partial charge in [0.25, 0.3) is 0 Å². The Labute approximate surface area is 362 Å². The number of furan rings is 1. The lowest BCUT2D eigenvalue weighted by Gasteiger charge is -2.39. The highest BCUT2D eigenvalue weighted by Crippen LogP contribution is 2.64. The van der Waals surface area contributed by atoms with Gasteiger partial charge in [-0.2, -0.15) is 4.98 Å². The first-order valence-electron chi connectivity index (χ1n) is 21.0. The second-order valence-corrected chi connectivity index (χ2v) is 15.9. The summed E-state index contributed by atoms with van der Waals surface area (Å²) in [7, 11) is 0. The van der Waals surface area contributed by atoms with E-state index in [2.05, 4.69) is 78.9 Å². The fourth-order valence-corrected chi connectivity index (χ4v) is 9.76. The first-order chi connectivity index (χ1) is 31.2. The number of benzene rings is 8. The highest BCUT2D eigenvalue weighted by molar-refractivity contribution is 6.13.